The van der Waals surface area contributed by atoms with E-state index in [1.165, 1.54) is 0 Å². The maximum Gasteiger partial charge on any atom is 0.508 e. The summed E-state index contributed by atoms with van der Waals surface area (Å²) in [7, 11) is 0. The predicted molar refractivity (Wildman–Crippen MR) is 56.7 cm³/mol. The summed E-state index contributed by atoms with van der Waals surface area (Å²) in [5.74, 6) is 0. The SMILES string of the molecule is CC.O=C1OCC(NC2COC(=O)OC2)CO1. The molecule has 0 unspecified atom stereocenters. The van der Waals surface area contributed by atoms with E-state index in [4.69, 9.17) is 0 Å². The van der Waals surface area contributed by atoms with Crippen LogP contribution < -0.4 is 5.32 Å². The van der Waals surface area contributed by atoms with Gasteiger partial charge in [0.1, 0.15) is 26.4 Å². The highest BCUT2D eigenvalue weighted by Crippen LogP contribution is 2.04. The van der Waals surface area contributed by atoms with Crippen LogP contribution in [0.3, 0.4) is 0 Å². The molecule has 0 amide bonds. The minimum absolute atomic E-state index is 0.0897. The van der Waals surface area contributed by atoms with Gasteiger partial charge in [-0.1, -0.05) is 13.8 Å². The van der Waals surface area contributed by atoms with Gasteiger partial charge >= 0.3 is 12.3 Å². The van der Waals surface area contributed by atoms with Crippen LogP contribution in [0, 0.1) is 0 Å². The normalized spacial score (nSPS) is 21.3. The number of ether oxygens (including phenoxy) is 4. The minimum atomic E-state index is -0.653. The fourth-order valence-corrected chi connectivity index (χ4v) is 1.38. The highest BCUT2D eigenvalue weighted by molar-refractivity contribution is 5.61. The molecule has 0 aliphatic carbocycles. The lowest BCUT2D eigenvalue weighted by Gasteiger charge is -2.29. The molecular formula is C10H17NO6. The molecule has 0 radical (unpaired) electrons. The monoisotopic (exact) mass is 247 g/mol. The van der Waals surface area contributed by atoms with Crippen molar-refractivity contribution in [2.24, 2.45) is 0 Å². The summed E-state index contributed by atoms with van der Waals surface area (Å²) < 4.78 is 18.7. The molecule has 0 bridgehead atoms. The summed E-state index contributed by atoms with van der Waals surface area (Å²) in [6.07, 6.45) is -1.31. The Bertz CT molecular complexity index is 224. The molecule has 0 atom stereocenters. The highest BCUT2D eigenvalue weighted by atomic mass is 16.7. The van der Waals surface area contributed by atoms with Gasteiger partial charge in [0, 0.05) is 0 Å². The maximum atomic E-state index is 10.6. The Balaban J connectivity index is 0.000000686. The van der Waals surface area contributed by atoms with Crippen LogP contribution in [0.1, 0.15) is 13.8 Å². The number of nitrogens with one attached hydrogen (secondary N) is 1. The number of rotatable bonds is 2. The van der Waals surface area contributed by atoms with Crippen molar-refractivity contribution < 1.29 is 28.5 Å². The first-order valence-corrected chi connectivity index (χ1v) is 5.59. The van der Waals surface area contributed by atoms with Gasteiger partial charge in [-0.3, -0.25) is 5.32 Å². The van der Waals surface area contributed by atoms with Crippen LogP contribution in [-0.4, -0.2) is 50.8 Å². The molecule has 7 nitrogen and oxygen atoms in total. The molecule has 2 aliphatic rings. The van der Waals surface area contributed by atoms with Crippen molar-refractivity contribution in [2.75, 3.05) is 26.4 Å². The number of hydrogen-bond acceptors (Lipinski definition) is 7. The van der Waals surface area contributed by atoms with Crippen molar-refractivity contribution >= 4 is 12.3 Å². The summed E-state index contributed by atoms with van der Waals surface area (Å²) >= 11 is 0. The van der Waals surface area contributed by atoms with Crippen LogP contribution in [0.15, 0.2) is 0 Å². The van der Waals surface area contributed by atoms with E-state index in [1.807, 2.05) is 13.8 Å². The van der Waals surface area contributed by atoms with E-state index in [2.05, 4.69) is 24.3 Å². The van der Waals surface area contributed by atoms with Gasteiger partial charge in [-0.25, -0.2) is 9.59 Å². The Morgan fingerprint density at radius 1 is 0.824 bits per heavy atom. The Kier molecular flexibility index (Phi) is 5.55. The average molecular weight is 247 g/mol. The number of carbonyl (C=O) groups is 2. The van der Waals surface area contributed by atoms with Gasteiger partial charge in [0.15, 0.2) is 0 Å². The molecule has 1 N–H and O–H groups in total. The summed E-state index contributed by atoms with van der Waals surface area (Å²) in [4.78, 5) is 21.2. The van der Waals surface area contributed by atoms with Crippen LogP contribution in [0.2, 0.25) is 0 Å². The fraction of sp³-hybridized carbons (Fsp3) is 0.800. The van der Waals surface area contributed by atoms with Crippen molar-refractivity contribution in [3.05, 3.63) is 0 Å². The Morgan fingerprint density at radius 2 is 1.12 bits per heavy atom. The van der Waals surface area contributed by atoms with Crippen molar-refractivity contribution in [1.29, 1.82) is 0 Å². The fourth-order valence-electron chi connectivity index (χ4n) is 1.38. The second-order valence-corrected chi connectivity index (χ2v) is 3.30. The van der Waals surface area contributed by atoms with Crippen LogP contribution in [0.5, 0.6) is 0 Å². The maximum absolute atomic E-state index is 10.6. The molecule has 98 valence electrons. The first-order valence-electron chi connectivity index (χ1n) is 5.59. The third kappa shape index (κ3) is 4.48. The molecule has 2 aliphatic heterocycles. The molecule has 7 heteroatoms. The molecule has 0 saturated carbocycles. The van der Waals surface area contributed by atoms with Gasteiger partial charge in [-0.2, -0.15) is 0 Å². The Morgan fingerprint density at radius 3 is 1.41 bits per heavy atom. The van der Waals surface area contributed by atoms with Gasteiger partial charge in [-0.15, -0.1) is 0 Å². The predicted octanol–water partition coefficient (Wildman–Crippen LogP) is 0.673. The zero-order chi connectivity index (χ0) is 12.7. The second kappa shape index (κ2) is 6.95. The van der Waals surface area contributed by atoms with Crippen molar-refractivity contribution in [3.63, 3.8) is 0 Å². The quantitative estimate of drug-likeness (QED) is 0.718. The lowest BCUT2D eigenvalue weighted by atomic mass is 10.2. The lowest BCUT2D eigenvalue weighted by molar-refractivity contribution is -0.0246. The van der Waals surface area contributed by atoms with Crippen LogP contribution in [0.4, 0.5) is 9.59 Å². The smallest absolute Gasteiger partial charge is 0.432 e. The molecular weight excluding hydrogens is 230 g/mol. The van der Waals surface area contributed by atoms with Crippen LogP contribution >= 0.6 is 0 Å². The summed E-state index contributed by atoms with van der Waals surface area (Å²) in [6, 6.07) is -0.179. The van der Waals surface area contributed by atoms with E-state index in [9.17, 15) is 9.59 Å². The second-order valence-electron chi connectivity index (χ2n) is 3.30. The third-order valence-electron chi connectivity index (χ3n) is 2.08. The van der Waals surface area contributed by atoms with E-state index in [-0.39, 0.29) is 38.5 Å². The zero-order valence-corrected chi connectivity index (χ0v) is 9.93. The van der Waals surface area contributed by atoms with E-state index in [1.54, 1.807) is 0 Å². The van der Waals surface area contributed by atoms with Crippen molar-refractivity contribution in [1.82, 2.24) is 5.32 Å². The molecule has 2 fully saturated rings. The van der Waals surface area contributed by atoms with Gasteiger partial charge in [0.05, 0.1) is 12.1 Å². The Labute approximate surface area is 99.3 Å². The lowest BCUT2D eigenvalue weighted by Crippen LogP contribution is -2.52. The van der Waals surface area contributed by atoms with Gasteiger partial charge in [-0.05, 0) is 0 Å². The largest absolute Gasteiger partial charge is 0.508 e. The molecule has 0 spiro atoms. The van der Waals surface area contributed by atoms with E-state index < -0.39 is 12.3 Å². The number of hydrogen-bond donors (Lipinski definition) is 1. The Hall–Kier alpha value is -1.50. The molecule has 2 heterocycles. The summed E-state index contributed by atoms with van der Waals surface area (Å²) in [5, 5.41) is 3.09. The molecule has 2 saturated heterocycles. The molecule has 17 heavy (non-hydrogen) atoms. The highest BCUT2D eigenvalue weighted by Gasteiger charge is 2.27. The number of carbonyl (C=O) groups excluding carboxylic acids is 2. The summed E-state index contributed by atoms with van der Waals surface area (Å²) in [6.45, 7) is 5.01. The molecule has 2 rings (SSSR count). The standard InChI is InChI=1S/C8H11NO6.C2H6/c10-7-12-1-5(2-13-7)9-6-3-14-8(11)15-4-6;1-2/h5-6,9H,1-4H2;1-2H3. The van der Waals surface area contributed by atoms with Crippen LogP contribution in [-0.2, 0) is 18.9 Å². The van der Waals surface area contributed by atoms with E-state index >= 15 is 0 Å². The topological polar surface area (TPSA) is 83.1 Å². The van der Waals surface area contributed by atoms with Crippen molar-refractivity contribution in [2.45, 2.75) is 25.9 Å². The van der Waals surface area contributed by atoms with Gasteiger partial charge < -0.3 is 18.9 Å². The van der Waals surface area contributed by atoms with Gasteiger partial charge in [0.25, 0.3) is 0 Å². The first-order chi connectivity index (χ1) is 8.24. The van der Waals surface area contributed by atoms with Crippen LogP contribution in [0.25, 0.3) is 0 Å². The van der Waals surface area contributed by atoms with Gasteiger partial charge in [0.2, 0.25) is 0 Å². The van der Waals surface area contributed by atoms with E-state index in [0.29, 0.717) is 0 Å². The molecule has 0 aromatic rings. The average Bonchev–Trinajstić information content (AvgIpc) is 2.37. The molecule has 0 aromatic heterocycles. The van der Waals surface area contributed by atoms with E-state index in [0.717, 1.165) is 0 Å². The third-order valence-corrected chi connectivity index (χ3v) is 2.08. The first kappa shape index (κ1) is 13.6. The summed E-state index contributed by atoms with van der Waals surface area (Å²) in [5.41, 5.74) is 0. The number of cyclic esters (lactones) is 4. The van der Waals surface area contributed by atoms with Crippen molar-refractivity contribution in [3.8, 4) is 0 Å². The zero-order valence-electron chi connectivity index (χ0n) is 9.93. The molecule has 0 aromatic carbocycles. The minimum Gasteiger partial charge on any atom is -0.432 e.